The summed E-state index contributed by atoms with van der Waals surface area (Å²) in [6, 6.07) is 1.80. The first-order valence-electron chi connectivity index (χ1n) is 4.94. The molecule has 0 aliphatic heterocycles. The van der Waals surface area contributed by atoms with Gasteiger partial charge in [0.2, 0.25) is 5.95 Å². The van der Waals surface area contributed by atoms with Gasteiger partial charge in [-0.15, -0.1) is 0 Å². The zero-order valence-corrected chi connectivity index (χ0v) is 10.4. The molecule has 1 atom stereocenters. The summed E-state index contributed by atoms with van der Waals surface area (Å²) in [6.45, 7) is 4.69. The number of nitrogens with zero attached hydrogens (tertiary/aromatic N) is 1. The molecule has 1 heterocycles. The minimum Gasteiger partial charge on any atom is -0.330 e. The zero-order chi connectivity index (χ0) is 11.3. The fourth-order valence-electron chi connectivity index (χ4n) is 2.39. The Balaban J connectivity index is 2.50. The quantitative estimate of drug-likeness (QED) is 0.841. The maximum absolute atomic E-state index is 13.6. The summed E-state index contributed by atoms with van der Waals surface area (Å²) in [5, 5.41) is 0. The van der Waals surface area contributed by atoms with Gasteiger partial charge in [-0.2, -0.15) is 4.39 Å². The molecule has 0 amide bonds. The van der Waals surface area contributed by atoms with Crippen LogP contribution in [-0.4, -0.2) is 11.5 Å². The molecule has 0 saturated heterocycles. The standard InChI is InChI=1S/C11H14BrFN2/c1-10(2)5-11(10,6-14)8-3-7(12)4-15-9(8)13/h3-4H,5-6,14H2,1-2H3. The Morgan fingerprint density at radius 3 is 2.67 bits per heavy atom. The van der Waals surface area contributed by atoms with Crippen molar-refractivity contribution < 1.29 is 4.39 Å². The van der Waals surface area contributed by atoms with Crippen molar-refractivity contribution >= 4 is 15.9 Å². The molecule has 1 aromatic rings. The van der Waals surface area contributed by atoms with E-state index in [4.69, 9.17) is 5.73 Å². The molecule has 1 saturated carbocycles. The monoisotopic (exact) mass is 272 g/mol. The number of hydrogen-bond donors (Lipinski definition) is 1. The molecule has 1 aliphatic rings. The van der Waals surface area contributed by atoms with Crippen LogP contribution < -0.4 is 5.73 Å². The summed E-state index contributed by atoms with van der Waals surface area (Å²) >= 11 is 3.31. The molecule has 1 fully saturated rings. The van der Waals surface area contributed by atoms with E-state index in [1.807, 2.05) is 0 Å². The van der Waals surface area contributed by atoms with E-state index < -0.39 is 5.95 Å². The van der Waals surface area contributed by atoms with Crippen molar-refractivity contribution in [3.8, 4) is 0 Å². The summed E-state index contributed by atoms with van der Waals surface area (Å²) in [5.41, 5.74) is 6.27. The van der Waals surface area contributed by atoms with Gasteiger partial charge >= 0.3 is 0 Å². The number of nitrogens with two attached hydrogens (primary N) is 1. The minimum absolute atomic E-state index is 0.0745. The third-order valence-electron chi connectivity index (χ3n) is 3.58. The van der Waals surface area contributed by atoms with E-state index in [1.165, 1.54) is 6.20 Å². The molecule has 0 aromatic carbocycles. The van der Waals surface area contributed by atoms with Gasteiger partial charge in [0.25, 0.3) is 0 Å². The topological polar surface area (TPSA) is 38.9 Å². The summed E-state index contributed by atoms with van der Waals surface area (Å²) in [7, 11) is 0. The number of pyridine rings is 1. The van der Waals surface area contributed by atoms with Gasteiger partial charge in [0.1, 0.15) is 0 Å². The van der Waals surface area contributed by atoms with Crippen molar-refractivity contribution in [2.24, 2.45) is 11.1 Å². The van der Waals surface area contributed by atoms with Crippen LogP contribution in [0.25, 0.3) is 0 Å². The maximum Gasteiger partial charge on any atom is 0.216 e. The van der Waals surface area contributed by atoms with Crippen molar-refractivity contribution in [1.29, 1.82) is 0 Å². The Morgan fingerprint density at radius 1 is 1.60 bits per heavy atom. The van der Waals surface area contributed by atoms with Crippen LogP contribution in [0.3, 0.4) is 0 Å². The van der Waals surface area contributed by atoms with Gasteiger partial charge in [-0.1, -0.05) is 13.8 Å². The van der Waals surface area contributed by atoms with Gasteiger partial charge in [0.05, 0.1) is 0 Å². The van der Waals surface area contributed by atoms with Gasteiger partial charge in [0.15, 0.2) is 0 Å². The number of hydrogen-bond acceptors (Lipinski definition) is 2. The van der Waals surface area contributed by atoms with Gasteiger partial charge in [-0.3, -0.25) is 0 Å². The van der Waals surface area contributed by atoms with Gasteiger partial charge < -0.3 is 5.73 Å². The SMILES string of the molecule is CC1(C)CC1(CN)c1cc(Br)cnc1F. The molecule has 2 nitrogen and oxygen atoms in total. The molecular weight excluding hydrogens is 259 g/mol. The van der Waals surface area contributed by atoms with Crippen molar-refractivity contribution in [2.75, 3.05) is 6.54 Å². The van der Waals surface area contributed by atoms with Crippen molar-refractivity contribution in [3.05, 3.63) is 28.2 Å². The highest BCUT2D eigenvalue weighted by Crippen LogP contribution is 2.64. The van der Waals surface area contributed by atoms with E-state index in [0.29, 0.717) is 12.1 Å². The van der Waals surface area contributed by atoms with Gasteiger partial charge in [-0.25, -0.2) is 4.98 Å². The van der Waals surface area contributed by atoms with Crippen molar-refractivity contribution in [3.63, 3.8) is 0 Å². The van der Waals surface area contributed by atoms with E-state index in [0.717, 1.165) is 10.9 Å². The molecule has 1 aromatic heterocycles. The molecule has 2 N–H and O–H groups in total. The van der Waals surface area contributed by atoms with Gasteiger partial charge in [-0.05, 0) is 33.8 Å². The Hall–Kier alpha value is -0.480. The molecule has 1 unspecified atom stereocenters. The third-order valence-corrected chi connectivity index (χ3v) is 4.02. The predicted molar refractivity (Wildman–Crippen MR) is 61.0 cm³/mol. The van der Waals surface area contributed by atoms with Crippen LogP contribution >= 0.6 is 15.9 Å². The van der Waals surface area contributed by atoms with Crippen LogP contribution in [0, 0.1) is 11.4 Å². The van der Waals surface area contributed by atoms with Crippen molar-refractivity contribution in [1.82, 2.24) is 4.98 Å². The second-order valence-electron chi connectivity index (χ2n) is 4.84. The van der Waals surface area contributed by atoms with E-state index in [2.05, 4.69) is 34.8 Å². The number of halogens is 2. The number of aromatic nitrogens is 1. The van der Waals surface area contributed by atoms with Crippen LogP contribution in [0.2, 0.25) is 0 Å². The van der Waals surface area contributed by atoms with Crippen LogP contribution in [0.4, 0.5) is 4.39 Å². The molecule has 15 heavy (non-hydrogen) atoms. The molecule has 0 spiro atoms. The summed E-state index contributed by atoms with van der Waals surface area (Å²) in [6.07, 6.45) is 2.39. The summed E-state index contributed by atoms with van der Waals surface area (Å²) in [5.74, 6) is -0.394. The maximum atomic E-state index is 13.6. The molecule has 0 radical (unpaired) electrons. The second kappa shape index (κ2) is 3.25. The first-order chi connectivity index (χ1) is 6.93. The van der Waals surface area contributed by atoms with Crippen LogP contribution in [0.15, 0.2) is 16.7 Å². The third kappa shape index (κ3) is 1.51. The Kier molecular flexibility index (Phi) is 2.39. The van der Waals surface area contributed by atoms with Crippen molar-refractivity contribution in [2.45, 2.75) is 25.7 Å². The highest BCUT2D eigenvalue weighted by molar-refractivity contribution is 9.10. The highest BCUT2D eigenvalue weighted by Gasteiger charge is 2.62. The van der Waals surface area contributed by atoms with Crippen LogP contribution in [-0.2, 0) is 5.41 Å². The van der Waals surface area contributed by atoms with E-state index in [9.17, 15) is 4.39 Å². The molecule has 82 valence electrons. The lowest BCUT2D eigenvalue weighted by atomic mass is 9.89. The molecule has 1 aliphatic carbocycles. The average molecular weight is 273 g/mol. The largest absolute Gasteiger partial charge is 0.330 e. The molecule has 4 heteroatoms. The Bertz CT molecular complexity index is 406. The Labute approximate surface area is 97.2 Å². The highest BCUT2D eigenvalue weighted by atomic mass is 79.9. The van der Waals surface area contributed by atoms with E-state index in [-0.39, 0.29) is 10.8 Å². The predicted octanol–water partition coefficient (Wildman–Crippen LogP) is 2.61. The lowest BCUT2D eigenvalue weighted by molar-refractivity contribution is 0.465. The van der Waals surface area contributed by atoms with Crippen LogP contribution in [0.5, 0.6) is 0 Å². The first kappa shape index (κ1) is 11.0. The van der Waals surface area contributed by atoms with Gasteiger partial charge in [0, 0.05) is 28.2 Å². The van der Waals surface area contributed by atoms with Crippen LogP contribution in [0.1, 0.15) is 25.8 Å². The second-order valence-corrected chi connectivity index (χ2v) is 5.75. The summed E-state index contributed by atoms with van der Waals surface area (Å²) < 4.78 is 14.4. The van der Waals surface area contributed by atoms with E-state index in [1.54, 1.807) is 6.07 Å². The van der Waals surface area contributed by atoms with E-state index >= 15 is 0 Å². The lowest BCUT2D eigenvalue weighted by Crippen LogP contribution is -2.26. The first-order valence-corrected chi connectivity index (χ1v) is 5.74. The fourth-order valence-corrected chi connectivity index (χ4v) is 2.72. The smallest absolute Gasteiger partial charge is 0.216 e. The normalized spacial score (nSPS) is 27.8. The fraction of sp³-hybridized carbons (Fsp3) is 0.545. The summed E-state index contributed by atoms with van der Waals surface area (Å²) in [4.78, 5) is 3.73. The Morgan fingerprint density at radius 2 is 2.20 bits per heavy atom. The average Bonchev–Trinajstić information content (AvgIpc) is 2.74. The molecule has 2 rings (SSSR count). The lowest BCUT2D eigenvalue weighted by Gasteiger charge is -2.19. The number of rotatable bonds is 2. The zero-order valence-electron chi connectivity index (χ0n) is 8.85. The molecular formula is C11H14BrFN2. The molecule has 0 bridgehead atoms. The minimum atomic E-state index is -0.394.